The molecule has 3 saturated carbocycles. The molecule has 4 nitrogen and oxygen atoms in total. The fraction of sp³-hybridized carbons (Fsp3) is 0.516. The van der Waals surface area contributed by atoms with E-state index in [1.165, 1.54) is 69.8 Å². The molecule has 2 bridgehead atoms. The Kier molecular flexibility index (Phi) is 7.61. The third-order valence-corrected chi connectivity index (χ3v) is 8.59. The number of ether oxygens (including phenoxy) is 1. The van der Waals surface area contributed by atoms with Crippen LogP contribution in [0.4, 0.5) is 0 Å². The number of fused-ring (bicyclic) bond motifs is 3. The van der Waals surface area contributed by atoms with Crippen molar-refractivity contribution in [3.63, 3.8) is 0 Å². The number of carbonyl (C=O) groups excluding carboxylic acids is 1. The van der Waals surface area contributed by atoms with E-state index in [2.05, 4.69) is 43.3 Å². The zero-order chi connectivity index (χ0) is 24.9. The van der Waals surface area contributed by atoms with Gasteiger partial charge in [0.2, 0.25) is 0 Å². The molecule has 0 unspecified atom stereocenters. The minimum Gasteiger partial charge on any atom is -0.425 e. The standard InChI is InChI=1S/C31H36N2O2/c1-3-5-6-14-30-15-18-31(19-16-30,20-17-30)24-10-8-23(9-11-24)25-12-13-28(35-29(34)7-4-2)27(22-33)26(25)21-32/h8-13H,3-7,14-20H2,1-2H3. The molecule has 0 aliphatic heterocycles. The molecule has 0 amide bonds. The Labute approximate surface area is 209 Å². The minimum atomic E-state index is -0.390. The Hall–Kier alpha value is -3.11. The van der Waals surface area contributed by atoms with Crippen LogP contribution in [0.2, 0.25) is 0 Å². The van der Waals surface area contributed by atoms with Crippen LogP contribution in [0.1, 0.15) is 108 Å². The highest BCUT2D eigenvalue weighted by Crippen LogP contribution is 2.59. The normalized spacial score (nSPS) is 22.9. The first kappa shape index (κ1) is 25.0. The summed E-state index contributed by atoms with van der Waals surface area (Å²) in [6.07, 6.45) is 14.2. The Bertz CT molecular complexity index is 1130. The average molecular weight is 469 g/mol. The maximum atomic E-state index is 12.0. The Balaban J connectivity index is 1.54. The molecule has 35 heavy (non-hydrogen) atoms. The maximum Gasteiger partial charge on any atom is 0.311 e. The van der Waals surface area contributed by atoms with Gasteiger partial charge in [0.05, 0.1) is 5.56 Å². The van der Waals surface area contributed by atoms with Crippen LogP contribution in [0.15, 0.2) is 36.4 Å². The second kappa shape index (κ2) is 10.7. The fourth-order valence-electron chi connectivity index (χ4n) is 6.34. The van der Waals surface area contributed by atoms with Crippen molar-refractivity contribution in [2.45, 2.75) is 96.3 Å². The maximum absolute atomic E-state index is 12.0. The highest BCUT2D eigenvalue weighted by molar-refractivity contribution is 5.79. The molecule has 0 radical (unpaired) electrons. The molecular weight excluding hydrogens is 432 g/mol. The van der Waals surface area contributed by atoms with E-state index in [9.17, 15) is 15.3 Å². The van der Waals surface area contributed by atoms with E-state index >= 15 is 0 Å². The summed E-state index contributed by atoms with van der Waals surface area (Å²) >= 11 is 0. The number of hydrogen-bond donors (Lipinski definition) is 0. The van der Waals surface area contributed by atoms with Crippen LogP contribution in [0.5, 0.6) is 5.75 Å². The molecule has 0 aromatic heterocycles. The molecule has 0 heterocycles. The highest BCUT2D eigenvalue weighted by atomic mass is 16.5. The number of benzene rings is 2. The third-order valence-electron chi connectivity index (χ3n) is 8.59. The Morgan fingerprint density at radius 3 is 2.09 bits per heavy atom. The molecule has 3 fully saturated rings. The van der Waals surface area contributed by atoms with Crippen molar-refractivity contribution in [2.24, 2.45) is 5.41 Å². The topological polar surface area (TPSA) is 73.9 Å². The monoisotopic (exact) mass is 468 g/mol. The predicted molar refractivity (Wildman–Crippen MR) is 138 cm³/mol. The molecule has 3 aliphatic rings. The van der Waals surface area contributed by atoms with E-state index in [1.54, 1.807) is 12.1 Å². The zero-order valence-electron chi connectivity index (χ0n) is 21.2. The van der Waals surface area contributed by atoms with E-state index < -0.39 is 5.97 Å². The number of nitriles is 2. The summed E-state index contributed by atoms with van der Waals surface area (Å²) in [5, 5.41) is 19.6. The lowest BCUT2D eigenvalue weighted by atomic mass is 9.51. The summed E-state index contributed by atoms with van der Waals surface area (Å²) in [6.45, 7) is 4.18. The van der Waals surface area contributed by atoms with Crippen LogP contribution in [0.25, 0.3) is 11.1 Å². The second-order valence-corrected chi connectivity index (χ2v) is 10.6. The summed E-state index contributed by atoms with van der Waals surface area (Å²) in [7, 11) is 0. The summed E-state index contributed by atoms with van der Waals surface area (Å²) in [6, 6.07) is 16.3. The van der Waals surface area contributed by atoms with Gasteiger partial charge in [-0.1, -0.05) is 57.4 Å². The van der Waals surface area contributed by atoms with Gasteiger partial charge in [0, 0.05) is 12.0 Å². The van der Waals surface area contributed by atoms with Gasteiger partial charge in [-0.15, -0.1) is 0 Å². The van der Waals surface area contributed by atoms with Gasteiger partial charge in [0.1, 0.15) is 23.5 Å². The molecule has 3 aliphatic carbocycles. The summed E-state index contributed by atoms with van der Waals surface area (Å²) < 4.78 is 5.37. The van der Waals surface area contributed by atoms with Crippen molar-refractivity contribution in [1.82, 2.24) is 0 Å². The van der Waals surface area contributed by atoms with Crippen molar-refractivity contribution < 1.29 is 9.53 Å². The number of hydrogen-bond acceptors (Lipinski definition) is 4. The highest BCUT2D eigenvalue weighted by Gasteiger charge is 2.48. The molecule has 2 aromatic carbocycles. The van der Waals surface area contributed by atoms with Gasteiger partial charge in [-0.25, -0.2) is 0 Å². The van der Waals surface area contributed by atoms with Gasteiger partial charge < -0.3 is 4.74 Å². The number of unbranched alkanes of at least 4 members (excludes halogenated alkanes) is 2. The zero-order valence-corrected chi connectivity index (χ0v) is 21.2. The van der Waals surface area contributed by atoms with Crippen molar-refractivity contribution >= 4 is 5.97 Å². The summed E-state index contributed by atoms with van der Waals surface area (Å²) in [5.41, 5.74) is 4.28. The lowest BCUT2D eigenvalue weighted by molar-refractivity contribution is -0.134. The molecule has 0 spiro atoms. The van der Waals surface area contributed by atoms with E-state index in [0.29, 0.717) is 17.4 Å². The lowest BCUT2D eigenvalue weighted by Crippen LogP contribution is -2.44. The van der Waals surface area contributed by atoms with Gasteiger partial charge in [0.15, 0.2) is 0 Å². The SMILES string of the molecule is CCCCCC12CCC(c3ccc(-c4ccc(OC(=O)CCC)c(C#N)c4C#N)cc3)(CC1)CC2. The van der Waals surface area contributed by atoms with Crippen LogP contribution < -0.4 is 4.74 Å². The molecule has 182 valence electrons. The number of esters is 1. The van der Waals surface area contributed by atoms with Gasteiger partial charge >= 0.3 is 5.97 Å². The van der Waals surface area contributed by atoms with Crippen LogP contribution in [0.3, 0.4) is 0 Å². The van der Waals surface area contributed by atoms with Crippen molar-refractivity contribution in [2.75, 3.05) is 0 Å². The second-order valence-electron chi connectivity index (χ2n) is 10.6. The molecule has 0 atom stereocenters. The third kappa shape index (κ3) is 4.99. The lowest BCUT2D eigenvalue weighted by Gasteiger charge is -2.54. The van der Waals surface area contributed by atoms with E-state index in [0.717, 1.165) is 5.56 Å². The van der Waals surface area contributed by atoms with Crippen LogP contribution >= 0.6 is 0 Å². The first-order valence-corrected chi connectivity index (χ1v) is 13.3. The average Bonchev–Trinajstić information content (AvgIpc) is 2.90. The van der Waals surface area contributed by atoms with Crippen LogP contribution in [0, 0.1) is 28.1 Å². The number of carbonyl (C=O) groups is 1. The van der Waals surface area contributed by atoms with E-state index in [1.807, 2.05) is 6.92 Å². The smallest absolute Gasteiger partial charge is 0.311 e. The Morgan fingerprint density at radius 1 is 0.857 bits per heavy atom. The van der Waals surface area contributed by atoms with Gasteiger partial charge in [-0.05, 0) is 85.5 Å². The van der Waals surface area contributed by atoms with E-state index in [-0.39, 0.29) is 28.7 Å². The first-order valence-electron chi connectivity index (χ1n) is 13.3. The van der Waals surface area contributed by atoms with Gasteiger partial charge in [-0.2, -0.15) is 10.5 Å². The number of rotatable bonds is 9. The van der Waals surface area contributed by atoms with Crippen LogP contribution in [-0.2, 0) is 10.2 Å². The fourth-order valence-corrected chi connectivity index (χ4v) is 6.34. The van der Waals surface area contributed by atoms with Crippen molar-refractivity contribution in [1.29, 1.82) is 10.5 Å². The predicted octanol–water partition coefficient (Wildman–Crippen LogP) is 7.97. The quantitative estimate of drug-likeness (QED) is 0.212. The first-order chi connectivity index (χ1) is 17.0. The van der Waals surface area contributed by atoms with Crippen LogP contribution in [-0.4, -0.2) is 5.97 Å². The van der Waals surface area contributed by atoms with E-state index in [4.69, 9.17) is 4.74 Å². The Morgan fingerprint density at radius 2 is 1.51 bits per heavy atom. The summed E-state index contributed by atoms with van der Waals surface area (Å²) in [4.78, 5) is 12.0. The van der Waals surface area contributed by atoms with Gasteiger partial charge in [-0.3, -0.25) is 4.79 Å². The van der Waals surface area contributed by atoms with Gasteiger partial charge in [0.25, 0.3) is 0 Å². The van der Waals surface area contributed by atoms with Crippen molar-refractivity contribution in [3.8, 4) is 29.0 Å². The molecule has 2 aromatic rings. The number of nitrogens with zero attached hydrogens (tertiary/aromatic N) is 2. The largest absolute Gasteiger partial charge is 0.425 e. The molecule has 4 heteroatoms. The van der Waals surface area contributed by atoms with Crippen molar-refractivity contribution in [3.05, 3.63) is 53.1 Å². The minimum absolute atomic E-state index is 0.121. The molecule has 0 N–H and O–H groups in total. The summed E-state index contributed by atoms with van der Waals surface area (Å²) in [5.74, 6) is -0.229. The molecule has 0 saturated heterocycles. The molecule has 5 rings (SSSR count). The molecular formula is C31H36N2O2.